The average molecular weight is 225 g/mol. The Morgan fingerprint density at radius 2 is 1.71 bits per heavy atom. The van der Waals surface area contributed by atoms with Crippen LogP contribution in [0.1, 0.15) is 44.7 Å². The van der Waals surface area contributed by atoms with Crippen LogP contribution in [0.2, 0.25) is 0 Å². The van der Waals surface area contributed by atoms with Crippen LogP contribution in [-0.4, -0.2) is 0 Å². The van der Waals surface area contributed by atoms with Gasteiger partial charge in [-0.3, -0.25) is 0 Å². The summed E-state index contributed by atoms with van der Waals surface area (Å²) in [6.07, 6.45) is 3.84. The van der Waals surface area contributed by atoms with Gasteiger partial charge in [0.2, 0.25) is 0 Å². The van der Waals surface area contributed by atoms with Crippen LogP contribution in [0.3, 0.4) is 0 Å². The van der Waals surface area contributed by atoms with Crippen LogP contribution in [0.15, 0.2) is 42.0 Å². The predicted molar refractivity (Wildman–Crippen MR) is 73.6 cm³/mol. The highest BCUT2D eigenvalue weighted by atomic mass is 14.3. The van der Waals surface area contributed by atoms with Crippen molar-refractivity contribution in [3.63, 3.8) is 0 Å². The van der Waals surface area contributed by atoms with Gasteiger partial charge in [0, 0.05) is 0 Å². The van der Waals surface area contributed by atoms with E-state index in [-0.39, 0.29) is 0 Å². The minimum atomic E-state index is 0.537. The Morgan fingerprint density at radius 3 is 2.06 bits per heavy atom. The Bertz CT molecular complexity index is 467. The van der Waals surface area contributed by atoms with Gasteiger partial charge in [-0.2, -0.15) is 5.26 Å². The van der Waals surface area contributed by atoms with Crippen LogP contribution >= 0.6 is 0 Å². The van der Waals surface area contributed by atoms with Gasteiger partial charge in [0.05, 0.1) is 11.6 Å². The third-order valence-electron chi connectivity index (χ3n) is 2.88. The highest BCUT2D eigenvalue weighted by Crippen LogP contribution is 2.24. The molecule has 0 atom stereocenters. The molecule has 1 rings (SSSR count). The lowest BCUT2D eigenvalue weighted by molar-refractivity contribution is 0.866. The molecule has 1 aromatic carbocycles. The number of allylic oxidation sites excluding steroid dienone is 4. The van der Waals surface area contributed by atoms with E-state index in [0.717, 1.165) is 16.7 Å². The van der Waals surface area contributed by atoms with Crippen LogP contribution in [0.25, 0.3) is 5.57 Å². The number of nitrogens with zero attached hydrogens (tertiary/aromatic N) is 1. The summed E-state index contributed by atoms with van der Waals surface area (Å²) in [5.74, 6) is 0.537. The highest BCUT2D eigenvalue weighted by Gasteiger charge is 2.06. The molecule has 0 aromatic heterocycles. The molecule has 0 saturated heterocycles. The van der Waals surface area contributed by atoms with E-state index in [2.05, 4.69) is 44.2 Å². The summed E-state index contributed by atoms with van der Waals surface area (Å²) in [6.45, 7) is 8.22. The summed E-state index contributed by atoms with van der Waals surface area (Å²) in [5.41, 5.74) is 4.16. The fraction of sp³-hybridized carbons (Fsp3) is 0.312. The summed E-state index contributed by atoms with van der Waals surface area (Å²) in [5, 5.41) is 9.07. The lowest BCUT2D eigenvalue weighted by atomic mass is 9.95. The van der Waals surface area contributed by atoms with Gasteiger partial charge in [-0.1, -0.05) is 50.3 Å². The van der Waals surface area contributed by atoms with Crippen molar-refractivity contribution in [2.75, 3.05) is 0 Å². The van der Waals surface area contributed by atoms with Gasteiger partial charge in [-0.05, 0) is 36.5 Å². The normalized spacial score (nSPS) is 12.7. The van der Waals surface area contributed by atoms with Crippen molar-refractivity contribution in [1.29, 1.82) is 5.26 Å². The van der Waals surface area contributed by atoms with Crippen LogP contribution in [0, 0.1) is 11.3 Å². The first-order valence-electron chi connectivity index (χ1n) is 5.97. The molecule has 1 heteroatoms. The SMILES string of the molecule is C/C=C(\C(C#N)=C/C)c1ccc(C(C)C)cc1. The second-order valence-corrected chi connectivity index (χ2v) is 4.29. The number of hydrogen-bond acceptors (Lipinski definition) is 1. The van der Waals surface area contributed by atoms with Crippen molar-refractivity contribution in [3.8, 4) is 6.07 Å². The van der Waals surface area contributed by atoms with Gasteiger partial charge in [0.25, 0.3) is 0 Å². The van der Waals surface area contributed by atoms with Crippen molar-refractivity contribution < 1.29 is 0 Å². The fourth-order valence-electron chi connectivity index (χ4n) is 1.81. The molecule has 0 saturated carbocycles. The minimum absolute atomic E-state index is 0.537. The van der Waals surface area contributed by atoms with Gasteiger partial charge in [-0.15, -0.1) is 0 Å². The fourth-order valence-corrected chi connectivity index (χ4v) is 1.81. The standard InChI is InChI=1S/C16H19N/c1-5-13(11-17)16(6-2)15-9-7-14(8-10-15)12(3)4/h5-10,12H,1-4H3/b13-5-,16-6+. The summed E-state index contributed by atoms with van der Waals surface area (Å²) in [6, 6.07) is 10.7. The zero-order valence-corrected chi connectivity index (χ0v) is 11.0. The van der Waals surface area contributed by atoms with Crippen LogP contribution in [-0.2, 0) is 0 Å². The molecule has 0 radical (unpaired) electrons. The summed E-state index contributed by atoms with van der Waals surface area (Å²) in [4.78, 5) is 0. The predicted octanol–water partition coefficient (Wildman–Crippen LogP) is 4.68. The molecule has 0 aliphatic heterocycles. The van der Waals surface area contributed by atoms with Gasteiger partial charge in [0.1, 0.15) is 0 Å². The van der Waals surface area contributed by atoms with E-state index in [1.807, 2.05) is 26.0 Å². The molecule has 0 aliphatic rings. The van der Waals surface area contributed by atoms with E-state index in [4.69, 9.17) is 5.26 Å². The molecule has 17 heavy (non-hydrogen) atoms. The molecule has 0 spiro atoms. The zero-order chi connectivity index (χ0) is 12.8. The second-order valence-electron chi connectivity index (χ2n) is 4.29. The van der Waals surface area contributed by atoms with Crippen molar-refractivity contribution in [1.82, 2.24) is 0 Å². The van der Waals surface area contributed by atoms with Crippen molar-refractivity contribution >= 4 is 5.57 Å². The quantitative estimate of drug-likeness (QED) is 0.541. The van der Waals surface area contributed by atoms with Crippen LogP contribution in [0.4, 0.5) is 0 Å². The van der Waals surface area contributed by atoms with Gasteiger partial charge in [-0.25, -0.2) is 0 Å². The van der Waals surface area contributed by atoms with E-state index >= 15 is 0 Å². The van der Waals surface area contributed by atoms with Crippen molar-refractivity contribution in [3.05, 3.63) is 53.1 Å². The number of hydrogen-bond donors (Lipinski definition) is 0. The highest BCUT2D eigenvalue weighted by molar-refractivity contribution is 5.82. The third-order valence-corrected chi connectivity index (χ3v) is 2.88. The first-order valence-corrected chi connectivity index (χ1v) is 5.97. The molecule has 0 aliphatic carbocycles. The van der Waals surface area contributed by atoms with E-state index in [0.29, 0.717) is 5.92 Å². The minimum Gasteiger partial charge on any atom is -0.192 e. The largest absolute Gasteiger partial charge is 0.192 e. The molecular weight excluding hydrogens is 206 g/mol. The van der Waals surface area contributed by atoms with Crippen molar-refractivity contribution in [2.45, 2.75) is 33.6 Å². The molecule has 0 unspecified atom stereocenters. The molecule has 0 N–H and O–H groups in total. The maximum Gasteiger partial charge on any atom is 0.0994 e. The molecule has 1 aromatic rings. The summed E-state index contributed by atoms with van der Waals surface area (Å²) < 4.78 is 0. The van der Waals surface area contributed by atoms with Gasteiger partial charge < -0.3 is 0 Å². The smallest absolute Gasteiger partial charge is 0.0994 e. The molecule has 0 bridgehead atoms. The number of nitriles is 1. The Labute approximate surface area is 104 Å². The molecule has 0 heterocycles. The van der Waals surface area contributed by atoms with E-state index in [9.17, 15) is 0 Å². The Morgan fingerprint density at radius 1 is 1.12 bits per heavy atom. The number of benzene rings is 1. The van der Waals surface area contributed by atoms with Gasteiger partial charge in [0.15, 0.2) is 0 Å². The maximum atomic E-state index is 9.07. The van der Waals surface area contributed by atoms with Crippen LogP contribution in [0.5, 0.6) is 0 Å². The Balaban J connectivity index is 3.12. The molecular formula is C16H19N. The summed E-state index contributed by atoms with van der Waals surface area (Å²) >= 11 is 0. The van der Waals surface area contributed by atoms with E-state index < -0.39 is 0 Å². The lowest BCUT2D eigenvalue weighted by Crippen LogP contribution is -1.91. The lowest BCUT2D eigenvalue weighted by Gasteiger charge is -2.09. The van der Waals surface area contributed by atoms with E-state index in [1.165, 1.54) is 5.56 Å². The van der Waals surface area contributed by atoms with Gasteiger partial charge >= 0.3 is 0 Å². The molecule has 1 nitrogen and oxygen atoms in total. The maximum absolute atomic E-state index is 9.07. The third kappa shape index (κ3) is 3.07. The molecule has 0 amide bonds. The van der Waals surface area contributed by atoms with Crippen molar-refractivity contribution in [2.24, 2.45) is 0 Å². The van der Waals surface area contributed by atoms with Crippen LogP contribution < -0.4 is 0 Å². The average Bonchev–Trinajstić information content (AvgIpc) is 2.36. The Hall–Kier alpha value is -1.81. The Kier molecular flexibility index (Phi) is 4.72. The second kappa shape index (κ2) is 6.06. The first-order chi connectivity index (χ1) is 8.13. The number of rotatable bonds is 3. The first kappa shape index (κ1) is 13.3. The topological polar surface area (TPSA) is 23.8 Å². The molecule has 88 valence electrons. The molecule has 0 fully saturated rings. The van der Waals surface area contributed by atoms with E-state index in [1.54, 1.807) is 0 Å². The zero-order valence-electron chi connectivity index (χ0n) is 11.0. The monoisotopic (exact) mass is 225 g/mol. The summed E-state index contributed by atoms with van der Waals surface area (Å²) in [7, 11) is 0.